The average Bonchev–Trinajstić information content (AvgIpc) is 3.46. The number of benzene rings is 2. The topological polar surface area (TPSA) is 45.6 Å². The zero-order valence-electron chi connectivity index (χ0n) is 16.7. The molecular formula is C24H22ClN3O2. The van der Waals surface area contributed by atoms with Gasteiger partial charge in [0.1, 0.15) is 12.6 Å². The van der Waals surface area contributed by atoms with Crippen LogP contribution in [0.3, 0.4) is 0 Å². The van der Waals surface area contributed by atoms with E-state index in [1.807, 2.05) is 71.8 Å². The molecule has 1 saturated carbocycles. The van der Waals surface area contributed by atoms with Gasteiger partial charge in [-0.2, -0.15) is 0 Å². The van der Waals surface area contributed by atoms with Crippen molar-refractivity contribution in [3.63, 3.8) is 0 Å². The third-order valence-corrected chi connectivity index (χ3v) is 6.12. The van der Waals surface area contributed by atoms with Crippen molar-refractivity contribution in [2.45, 2.75) is 31.8 Å². The summed E-state index contributed by atoms with van der Waals surface area (Å²) < 4.78 is 2.13. The Kier molecular flexibility index (Phi) is 4.63. The summed E-state index contributed by atoms with van der Waals surface area (Å²) in [6, 6.07) is 19.4. The third kappa shape index (κ3) is 3.19. The monoisotopic (exact) mass is 419 g/mol. The number of hydrogen-bond acceptors (Lipinski definition) is 2. The Hall–Kier alpha value is -3.05. The summed E-state index contributed by atoms with van der Waals surface area (Å²) in [6.07, 6.45) is 3.95. The maximum atomic E-state index is 13.7. The minimum absolute atomic E-state index is 0.0532. The largest absolute Gasteiger partial charge is 0.331 e. The summed E-state index contributed by atoms with van der Waals surface area (Å²) in [4.78, 5) is 29.4. The highest BCUT2D eigenvalue weighted by atomic mass is 35.5. The van der Waals surface area contributed by atoms with E-state index in [9.17, 15) is 9.59 Å². The zero-order valence-corrected chi connectivity index (χ0v) is 17.4. The van der Waals surface area contributed by atoms with Crippen molar-refractivity contribution in [2.24, 2.45) is 0 Å². The van der Waals surface area contributed by atoms with Crippen LogP contribution in [0.1, 0.15) is 37.1 Å². The number of amides is 2. The van der Waals surface area contributed by atoms with Gasteiger partial charge in [-0.15, -0.1) is 0 Å². The lowest BCUT2D eigenvalue weighted by Crippen LogP contribution is -2.47. The molecule has 2 heterocycles. The van der Waals surface area contributed by atoms with Crippen LogP contribution in [0.2, 0.25) is 5.02 Å². The van der Waals surface area contributed by atoms with Crippen LogP contribution in [0.25, 0.3) is 5.69 Å². The SMILES string of the molecule is CC(=O)N(CC(=O)N1c2ccccc2-n2cccc2C1c1ccc(Cl)cc1)C1CC1. The Morgan fingerprint density at radius 1 is 1.00 bits per heavy atom. The number of fused-ring (bicyclic) bond motifs is 3. The van der Waals surface area contributed by atoms with Gasteiger partial charge in [-0.25, -0.2) is 0 Å². The van der Waals surface area contributed by atoms with Crippen LogP contribution in [0.5, 0.6) is 0 Å². The van der Waals surface area contributed by atoms with E-state index in [2.05, 4.69) is 4.57 Å². The fraction of sp³-hybridized carbons (Fsp3) is 0.250. The van der Waals surface area contributed by atoms with Crippen molar-refractivity contribution in [1.82, 2.24) is 9.47 Å². The predicted molar refractivity (Wildman–Crippen MR) is 117 cm³/mol. The van der Waals surface area contributed by atoms with Crippen LogP contribution in [-0.2, 0) is 9.59 Å². The number of aromatic nitrogens is 1. The Morgan fingerprint density at radius 2 is 1.70 bits per heavy atom. The number of rotatable bonds is 4. The number of hydrogen-bond donors (Lipinski definition) is 0. The standard InChI is InChI=1S/C24H22ClN3O2/c1-16(29)27(19-12-13-19)15-23(30)28-21-6-3-2-5-20(21)26-14-4-7-22(26)24(28)17-8-10-18(25)11-9-17/h2-11,14,19,24H,12-13,15H2,1H3. The number of carbonyl (C=O) groups is 2. The third-order valence-electron chi connectivity index (χ3n) is 5.87. The Labute approximate surface area is 180 Å². The van der Waals surface area contributed by atoms with E-state index in [1.54, 1.807) is 4.90 Å². The van der Waals surface area contributed by atoms with Gasteiger partial charge in [0.2, 0.25) is 11.8 Å². The molecule has 1 atom stereocenters. The lowest BCUT2D eigenvalue weighted by Gasteiger charge is -2.39. The van der Waals surface area contributed by atoms with E-state index in [-0.39, 0.29) is 30.4 Å². The molecule has 2 aromatic carbocycles. The first-order chi connectivity index (χ1) is 14.5. The highest BCUT2D eigenvalue weighted by Gasteiger charge is 2.39. The van der Waals surface area contributed by atoms with Gasteiger partial charge in [0.15, 0.2) is 0 Å². The Morgan fingerprint density at radius 3 is 2.37 bits per heavy atom. The fourth-order valence-electron chi connectivity index (χ4n) is 4.33. The molecular weight excluding hydrogens is 398 g/mol. The van der Waals surface area contributed by atoms with Gasteiger partial charge in [0.25, 0.3) is 0 Å². The average molecular weight is 420 g/mol. The summed E-state index contributed by atoms with van der Waals surface area (Å²) in [7, 11) is 0. The van der Waals surface area contributed by atoms with Crippen molar-refractivity contribution < 1.29 is 9.59 Å². The maximum absolute atomic E-state index is 13.7. The lowest BCUT2D eigenvalue weighted by molar-refractivity contribution is -0.134. The van der Waals surface area contributed by atoms with Crippen molar-refractivity contribution in [3.8, 4) is 5.69 Å². The minimum Gasteiger partial charge on any atom is -0.331 e. The summed E-state index contributed by atoms with van der Waals surface area (Å²) in [5.74, 6) is -0.139. The van der Waals surface area contributed by atoms with Gasteiger partial charge in [-0.1, -0.05) is 35.9 Å². The van der Waals surface area contributed by atoms with Crippen molar-refractivity contribution >= 4 is 29.1 Å². The highest BCUT2D eigenvalue weighted by Crippen LogP contribution is 2.42. The first kappa shape index (κ1) is 18.9. The van der Waals surface area contributed by atoms with Crippen molar-refractivity contribution in [2.75, 3.05) is 11.4 Å². The Bertz CT molecular complexity index is 1120. The second-order valence-electron chi connectivity index (χ2n) is 7.89. The van der Waals surface area contributed by atoms with E-state index >= 15 is 0 Å². The molecule has 30 heavy (non-hydrogen) atoms. The van der Waals surface area contributed by atoms with Crippen LogP contribution < -0.4 is 4.90 Å². The fourth-order valence-corrected chi connectivity index (χ4v) is 4.45. The van der Waals surface area contributed by atoms with E-state index in [0.29, 0.717) is 5.02 Å². The smallest absolute Gasteiger partial charge is 0.247 e. The quantitative estimate of drug-likeness (QED) is 0.621. The first-order valence-electron chi connectivity index (χ1n) is 10.2. The first-order valence-corrected chi connectivity index (χ1v) is 10.5. The molecule has 6 heteroatoms. The van der Waals surface area contributed by atoms with Gasteiger partial charge in [-0.3, -0.25) is 14.5 Å². The van der Waals surface area contributed by atoms with Crippen molar-refractivity contribution in [3.05, 3.63) is 83.1 Å². The lowest BCUT2D eigenvalue weighted by atomic mass is 9.97. The van der Waals surface area contributed by atoms with E-state index < -0.39 is 0 Å². The molecule has 3 aromatic rings. The number of anilines is 1. The molecule has 1 unspecified atom stereocenters. The second kappa shape index (κ2) is 7.33. The summed E-state index contributed by atoms with van der Waals surface area (Å²) >= 11 is 6.13. The summed E-state index contributed by atoms with van der Waals surface area (Å²) in [6.45, 7) is 1.62. The van der Waals surface area contributed by atoms with Gasteiger partial charge in [0, 0.05) is 24.2 Å². The molecule has 0 N–H and O–H groups in total. The molecule has 0 spiro atoms. The van der Waals surface area contributed by atoms with Crippen LogP contribution in [0.4, 0.5) is 5.69 Å². The van der Waals surface area contributed by atoms with Gasteiger partial charge < -0.3 is 9.47 Å². The number of nitrogens with zero attached hydrogens (tertiary/aromatic N) is 3. The van der Waals surface area contributed by atoms with Gasteiger partial charge >= 0.3 is 0 Å². The number of carbonyl (C=O) groups excluding carboxylic acids is 2. The molecule has 1 aliphatic carbocycles. The van der Waals surface area contributed by atoms with Gasteiger partial charge in [0.05, 0.1) is 17.1 Å². The van der Waals surface area contributed by atoms with Crippen LogP contribution in [-0.4, -0.2) is 33.9 Å². The molecule has 1 fully saturated rings. The molecule has 5 nitrogen and oxygen atoms in total. The molecule has 0 saturated heterocycles. The molecule has 1 aromatic heterocycles. The molecule has 0 radical (unpaired) electrons. The molecule has 2 amide bonds. The highest BCUT2D eigenvalue weighted by molar-refractivity contribution is 6.30. The molecule has 152 valence electrons. The van der Waals surface area contributed by atoms with Crippen LogP contribution >= 0.6 is 11.6 Å². The molecule has 1 aliphatic heterocycles. The molecule has 0 bridgehead atoms. The minimum atomic E-state index is -0.298. The molecule has 5 rings (SSSR count). The van der Waals surface area contributed by atoms with Gasteiger partial charge in [-0.05, 0) is 54.8 Å². The zero-order chi connectivity index (χ0) is 20.8. The normalized spacial score (nSPS) is 17.3. The maximum Gasteiger partial charge on any atom is 0.247 e. The van der Waals surface area contributed by atoms with Crippen molar-refractivity contribution in [1.29, 1.82) is 0 Å². The van der Waals surface area contributed by atoms with Crippen LogP contribution in [0.15, 0.2) is 66.9 Å². The van der Waals surface area contributed by atoms with E-state index in [0.717, 1.165) is 35.5 Å². The second-order valence-corrected chi connectivity index (χ2v) is 8.32. The summed E-state index contributed by atoms with van der Waals surface area (Å²) in [5, 5.41) is 0.653. The predicted octanol–water partition coefficient (Wildman–Crippen LogP) is 4.58. The van der Waals surface area contributed by atoms with E-state index in [1.165, 1.54) is 6.92 Å². The van der Waals surface area contributed by atoms with E-state index in [4.69, 9.17) is 11.6 Å². The molecule has 2 aliphatic rings. The Balaban J connectivity index is 1.62. The summed E-state index contributed by atoms with van der Waals surface area (Å²) in [5.41, 5.74) is 3.77. The van der Waals surface area contributed by atoms with Crippen LogP contribution in [0, 0.1) is 0 Å². The number of para-hydroxylation sites is 2. The number of halogens is 1.